The van der Waals surface area contributed by atoms with Crippen molar-refractivity contribution >= 4 is 28.5 Å². The van der Waals surface area contributed by atoms with Gasteiger partial charge in [0.15, 0.2) is 5.78 Å². The molecule has 44 heavy (non-hydrogen) atoms. The van der Waals surface area contributed by atoms with Crippen molar-refractivity contribution in [1.82, 2.24) is 0 Å². The van der Waals surface area contributed by atoms with Crippen molar-refractivity contribution < 1.29 is 22.4 Å². The molecule has 0 spiro atoms. The van der Waals surface area contributed by atoms with E-state index < -0.39 is 40.6 Å². The Bertz CT molecular complexity index is 1700. The first-order valence-electron chi connectivity index (χ1n) is 14.0. The van der Waals surface area contributed by atoms with Crippen LogP contribution in [0.5, 0.6) is 0 Å². The van der Waals surface area contributed by atoms with Gasteiger partial charge in [0.25, 0.3) is 11.8 Å². The molecule has 0 aliphatic rings. The summed E-state index contributed by atoms with van der Waals surface area (Å²) in [5, 5.41) is 3.56. The standard InChI is InChI=1S/C37H26F4OS2/c38-36(39,29-19-9-7-17-27(29)31-21-11-23-43-31)33(25-13-3-1-4-14-25)35(42)34(26-15-5-2-6-16-26)37(40,41)30-20-10-8-18-28(30)32-22-12-24-44-32/h1-24,33-34H. The van der Waals surface area contributed by atoms with E-state index in [4.69, 9.17) is 0 Å². The third-order valence-corrected chi connectivity index (χ3v) is 9.51. The second-order valence-electron chi connectivity index (χ2n) is 10.4. The van der Waals surface area contributed by atoms with Crippen molar-refractivity contribution in [3.05, 3.63) is 166 Å². The van der Waals surface area contributed by atoms with Crippen LogP contribution in [0.15, 0.2) is 144 Å². The molecule has 1 nitrogen and oxygen atoms in total. The minimum Gasteiger partial charge on any atom is -0.298 e. The molecule has 0 saturated carbocycles. The van der Waals surface area contributed by atoms with Crippen molar-refractivity contribution in [2.24, 2.45) is 0 Å². The van der Waals surface area contributed by atoms with Gasteiger partial charge in [-0.3, -0.25) is 4.79 Å². The van der Waals surface area contributed by atoms with E-state index in [-0.39, 0.29) is 22.3 Å². The predicted octanol–water partition coefficient (Wildman–Crippen LogP) is 11.2. The van der Waals surface area contributed by atoms with Gasteiger partial charge in [0.2, 0.25) is 0 Å². The third-order valence-electron chi connectivity index (χ3n) is 7.71. The molecule has 0 aliphatic carbocycles. The van der Waals surface area contributed by atoms with Gasteiger partial charge in [0.05, 0.1) is 0 Å². The number of benzene rings is 4. The molecule has 6 aromatic rings. The van der Waals surface area contributed by atoms with E-state index in [0.717, 1.165) is 0 Å². The zero-order valence-electron chi connectivity index (χ0n) is 23.2. The second-order valence-corrected chi connectivity index (χ2v) is 12.3. The predicted molar refractivity (Wildman–Crippen MR) is 171 cm³/mol. The van der Waals surface area contributed by atoms with Gasteiger partial charge in [-0.1, -0.05) is 121 Å². The monoisotopic (exact) mass is 626 g/mol. The van der Waals surface area contributed by atoms with Gasteiger partial charge in [0.1, 0.15) is 11.8 Å². The molecule has 2 atom stereocenters. The fraction of sp³-hybridized carbons (Fsp3) is 0.108. The van der Waals surface area contributed by atoms with Gasteiger partial charge < -0.3 is 0 Å². The Morgan fingerprint density at radius 2 is 0.841 bits per heavy atom. The Morgan fingerprint density at radius 1 is 0.477 bits per heavy atom. The van der Waals surface area contributed by atoms with Crippen LogP contribution in [0.25, 0.3) is 20.9 Å². The van der Waals surface area contributed by atoms with Crippen molar-refractivity contribution in [1.29, 1.82) is 0 Å². The highest BCUT2D eigenvalue weighted by atomic mass is 32.1. The van der Waals surface area contributed by atoms with E-state index in [1.54, 1.807) is 95.7 Å². The Balaban J connectivity index is 1.56. The molecule has 6 rings (SSSR count). The molecular formula is C37H26F4OS2. The summed E-state index contributed by atoms with van der Waals surface area (Å²) < 4.78 is 68.5. The molecule has 0 amide bonds. The van der Waals surface area contributed by atoms with Gasteiger partial charge >= 0.3 is 0 Å². The number of alkyl halides is 4. The normalized spacial score (nSPS) is 13.4. The number of ketones is 1. The SMILES string of the molecule is O=C(C(c1ccccc1)C(F)(F)c1ccccc1-c1cccs1)C(c1ccccc1)C(F)(F)c1ccccc1-c1cccs1. The molecular weight excluding hydrogens is 601 g/mol. The van der Waals surface area contributed by atoms with Crippen molar-refractivity contribution in [3.63, 3.8) is 0 Å². The largest absolute Gasteiger partial charge is 0.298 e. The van der Waals surface area contributed by atoms with Crippen LogP contribution in [-0.4, -0.2) is 5.78 Å². The second kappa shape index (κ2) is 12.3. The van der Waals surface area contributed by atoms with E-state index >= 15 is 17.6 Å². The van der Waals surface area contributed by atoms with E-state index in [0.29, 0.717) is 9.75 Å². The lowest BCUT2D eigenvalue weighted by atomic mass is 9.73. The smallest absolute Gasteiger partial charge is 0.287 e. The molecule has 7 heteroatoms. The zero-order chi connectivity index (χ0) is 30.7. The highest BCUT2D eigenvalue weighted by Gasteiger charge is 2.56. The molecule has 0 radical (unpaired) electrons. The lowest BCUT2D eigenvalue weighted by Crippen LogP contribution is -2.40. The molecule has 0 aliphatic heterocycles. The average molecular weight is 627 g/mol. The van der Waals surface area contributed by atoms with Crippen LogP contribution >= 0.6 is 22.7 Å². The molecule has 2 aromatic heterocycles. The number of carbonyl (C=O) groups excluding carboxylic acids is 1. The number of rotatable bonds is 10. The lowest BCUT2D eigenvalue weighted by Gasteiger charge is -2.34. The highest BCUT2D eigenvalue weighted by molar-refractivity contribution is 7.13. The maximum absolute atomic E-state index is 17.1. The molecule has 0 bridgehead atoms. The number of carbonyl (C=O) groups is 1. The summed E-state index contributed by atoms with van der Waals surface area (Å²) in [5.41, 5.74) is -0.337. The van der Waals surface area contributed by atoms with Crippen LogP contribution in [0.3, 0.4) is 0 Å². The first-order valence-corrected chi connectivity index (χ1v) is 15.7. The van der Waals surface area contributed by atoms with Crippen LogP contribution < -0.4 is 0 Å². The maximum atomic E-state index is 17.1. The topological polar surface area (TPSA) is 17.1 Å². The number of halogens is 4. The van der Waals surface area contributed by atoms with E-state index in [9.17, 15) is 4.79 Å². The first kappa shape index (κ1) is 29.7. The summed E-state index contributed by atoms with van der Waals surface area (Å²) in [7, 11) is 0. The van der Waals surface area contributed by atoms with E-state index in [2.05, 4.69) is 0 Å². The Kier molecular flexibility index (Phi) is 8.34. The van der Waals surface area contributed by atoms with Gasteiger partial charge in [-0.2, -0.15) is 0 Å². The zero-order valence-corrected chi connectivity index (χ0v) is 24.9. The van der Waals surface area contributed by atoms with Crippen LogP contribution in [-0.2, 0) is 16.6 Å². The minimum atomic E-state index is -3.84. The molecule has 0 N–H and O–H groups in total. The Hall–Kier alpha value is -4.33. The Morgan fingerprint density at radius 3 is 1.20 bits per heavy atom. The lowest BCUT2D eigenvalue weighted by molar-refractivity contribution is -0.143. The maximum Gasteiger partial charge on any atom is 0.287 e. The number of Topliss-reactive ketones (excluding diaryl/α,β-unsaturated/α-hetero) is 1. The van der Waals surface area contributed by atoms with Gasteiger partial charge in [-0.05, 0) is 34.0 Å². The minimum absolute atomic E-state index is 0.0354. The molecule has 0 fully saturated rings. The van der Waals surface area contributed by atoms with Gasteiger partial charge in [-0.25, -0.2) is 17.6 Å². The molecule has 4 aromatic carbocycles. The van der Waals surface area contributed by atoms with Crippen molar-refractivity contribution in [2.45, 2.75) is 23.7 Å². The van der Waals surface area contributed by atoms with Crippen LogP contribution in [0, 0.1) is 0 Å². The van der Waals surface area contributed by atoms with Crippen LogP contribution in [0.2, 0.25) is 0 Å². The Labute approximate surface area is 261 Å². The van der Waals surface area contributed by atoms with E-state index in [1.165, 1.54) is 71.2 Å². The summed E-state index contributed by atoms with van der Waals surface area (Å²) in [5.74, 6) is -13.3. The van der Waals surface area contributed by atoms with Crippen LogP contribution in [0.1, 0.15) is 34.1 Å². The quantitative estimate of drug-likeness (QED) is 0.138. The fourth-order valence-corrected chi connectivity index (χ4v) is 7.25. The van der Waals surface area contributed by atoms with E-state index in [1.807, 2.05) is 0 Å². The first-order chi connectivity index (χ1) is 21.3. The highest BCUT2D eigenvalue weighted by Crippen LogP contribution is 2.53. The third kappa shape index (κ3) is 5.53. The van der Waals surface area contributed by atoms with Gasteiger partial charge in [0, 0.05) is 32.0 Å². The van der Waals surface area contributed by atoms with Crippen molar-refractivity contribution in [2.75, 3.05) is 0 Å². The fourth-order valence-electron chi connectivity index (χ4n) is 5.71. The van der Waals surface area contributed by atoms with Gasteiger partial charge in [-0.15, -0.1) is 22.7 Å². The summed E-state index contributed by atoms with van der Waals surface area (Å²) in [6.07, 6.45) is 0. The molecule has 0 saturated heterocycles. The molecule has 2 heterocycles. The number of thiophene rings is 2. The summed E-state index contributed by atoms with van der Waals surface area (Å²) in [6.45, 7) is 0. The molecule has 2 unspecified atom stereocenters. The van der Waals surface area contributed by atoms with Crippen molar-refractivity contribution in [3.8, 4) is 20.9 Å². The van der Waals surface area contributed by atoms with Crippen LogP contribution in [0.4, 0.5) is 17.6 Å². The average Bonchev–Trinajstić information content (AvgIpc) is 3.78. The summed E-state index contributed by atoms with van der Waals surface area (Å²) >= 11 is 2.58. The number of hydrogen-bond acceptors (Lipinski definition) is 3. The summed E-state index contributed by atoms with van der Waals surface area (Å²) in [4.78, 5) is 15.9. The molecule has 220 valence electrons. The summed E-state index contributed by atoms with van der Waals surface area (Å²) in [6, 6.07) is 34.0. The number of hydrogen-bond donors (Lipinski definition) is 0.